The number of alkyl halides is 3. The highest BCUT2D eigenvalue weighted by Crippen LogP contribution is 2.30. The number of amides is 1. The highest BCUT2D eigenvalue weighted by Gasteiger charge is 2.32. The molecule has 1 unspecified atom stereocenters. The lowest BCUT2D eigenvalue weighted by molar-refractivity contribution is -0.141. The van der Waals surface area contributed by atoms with Gasteiger partial charge < -0.3 is 9.30 Å². The normalized spacial score (nSPS) is 13.3. The maximum Gasteiger partial charge on any atom is 0.391 e. The van der Waals surface area contributed by atoms with E-state index < -0.39 is 45.4 Å². The zero-order valence-electron chi connectivity index (χ0n) is 14.1. The third-order valence-corrected chi connectivity index (χ3v) is 5.27. The number of hydrogen-bond acceptors (Lipinski definition) is 5. The summed E-state index contributed by atoms with van der Waals surface area (Å²) in [5.74, 6) is -0.741. The predicted octanol–water partition coefficient (Wildman–Crippen LogP) is 3.18. The quantitative estimate of drug-likeness (QED) is 0.767. The molecular formula is C15H15ClF3N3O4S. The smallest absolute Gasteiger partial charge is 0.391 e. The van der Waals surface area contributed by atoms with Crippen LogP contribution in [0.15, 0.2) is 35.5 Å². The molecule has 0 bridgehead atoms. The Hall–Kier alpha value is -2.27. The van der Waals surface area contributed by atoms with E-state index in [4.69, 9.17) is 16.3 Å². The second-order valence-electron chi connectivity index (χ2n) is 5.57. The zero-order valence-corrected chi connectivity index (χ0v) is 15.7. The van der Waals surface area contributed by atoms with Crippen LogP contribution in [0.25, 0.3) is 0 Å². The zero-order chi connectivity index (χ0) is 20.4. The van der Waals surface area contributed by atoms with Gasteiger partial charge in [0.25, 0.3) is 15.9 Å². The fraction of sp³-hybridized carbons (Fsp3) is 0.333. The number of hydrogen-bond donors (Lipinski definition) is 1. The van der Waals surface area contributed by atoms with E-state index in [-0.39, 0.29) is 4.90 Å². The van der Waals surface area contributed by atoms with Gasteiger partial charge in [0.05, 0.1) is 24.8 Å². The van der Waals surface area contributed by atoms with Crippen molar-refractivity contribution in [3.63, 3.8) is 0 Å². The number of nitrogens with one attached hydrogen (secondary N) is 1. The number of rotatable bonds is 6. The van der Waals surface area contributed by atoms with E-state index in [0.29, 0.717) is 5.75 Å². The van der Waals surface area contributed by atoms with E-state index >= 15 is 0 Å². The van der Waals surface area contributed by atoms with Crippen molar-refractivity contribution in [2.45, 2.75) is 30.5 Å². The van der Waals surface area contributed by atoms with E-state index in [1.54, 1.807) is 4.72 Å². The third-order valence-electron chi connectivity index (χ3n) is 3.55. The maximum atomic E-state index is 12.5. The van der Waals surface area contributed by atoms with Crippen molar-refractivity contribution < 1.29 is 31.1 Å². The molecule has 0 aliphatic carbocycles. The summed E-state index contributed by atoms with van der Waals surface area (Å²) >= 11 is 5.92. The molecule has 12 heteroatoms. The van der Waals surface area contributed by atoms with Crippen LogP contribution in [-0.2, 0) is 10.0 Å². The summed E-state index contributed by atoms with van der Waals surface area (Å²) in [7, 11) is -2.83. The molecule has 1 atom stereocenters. The highest BCUT2D eigenvalue weighted by atomic mass is 35.5. The first kappa shape index (κ1) is 21.0. The highest BCUT2D eigenvalue weighted by molar-refractivity contribution is 7.90. The summed E-state index contributed by atoms with van der Waals surface area (Å²) in [6.45, 7) is 1.25. The minimum atomic E-state index is -4.44. The van der Waals surface area contributed by atoms with Gasteiger partial charge in [0, 0.05) is 6.04 Å². The Labute approximate surface area is 158 Å². The van der Waals surface area contributed by atoms with E-state index in [1.165, 1.54) is 38.3 Å². The molecular weight excluding hydrogens is 411 g/mol. The van der Waals surface area contributed by atoms with E-state index in [2.05, 4.69) is 4.98 Å². The minimum Gasteiger partial charge on any atom is -0.497 e. The Bertz CT molecular complexity index is 927. The Balaban J connectivity index is 2.20. The molecule has 0 aliphatic rings. The molecule has 0 saturated heterocycles. The van der Waals surface area contributed by atoms with Crippen LogP contribution < -0.4 is 9.46 Å². The van der Waals surface area contributed by atoms with Crippen molar-refractivity contribution in [1.29, 1.82) is 0 Å². The van der Waals surface area contributed by atoms with E-state index in [1.807, 2.05) is 0 Å². The van der Waals surface area contributed by atoms with Crippen LogP contribution >= 0.6 is 11.6 Å². The summed E-state index contributed by atoms with van der Waals surface area (Å²) in [4.78, 5) is 15.6. The van der Waals surface area contributed by atoms with Crippen LogP contribution in [0.5, 0.6) is 5.75 Å². The molecule has 1 heterocycles. The Morgan fingerprint density at radius 3 is 2.44 bits per heavy atom. The predicted molar refractivity (Wildman–Crippen MR) is 90.3 cm³/mol. The van der Waals surface area contributed by atoms with Gasteiger partial charge in [-0.05, 0) is 31.2 Å². The number of halogens is 4. The average Bonchev–Trinajstić information content (AvgIpc) is 2.95. The van der Waals surface area contributed by atoms with Crippen LogP contribution in [0.3, 0.4) is 0 Å². The third kappa shape index (κ3) is 5.13. The summed E-state index contributed by atoms with van der Waals surface area (Å²) < 4.78 is 69.7. The largest absolute Gasteiger partial charge is 0.497 e. The molecule has 0 saturated carbocycles. The number of methoxy groups -OCH3 is 1. The summed E-state index contributed by atoms with van der Waals surface area (Å²) in [6.07, 6.45) is -4.67. The second kappa shape index (κ2) is 7.77. The lowest BCUT2D eigenvalue weighted by atomic mass is 10.2. The van der Waals surface area contributed by atoms with Gasteiger partial charge in [0.15, 0.2) is 5.69 Å². The van der Waals surface area contributed by atoms with Gasteiger partial charge in [-0.2, -0.15) is 13.2 Å². The van der Waals surface area contributed by atoms with Gasteiger partial charge in [-0.3, -0.25) is 4.79 Å². The van der Waals surface area contributed by atoms with Crippen molar-refractivity contribution in [3.8, 4) is 5.75 Å². The van der Waals surface area contributed by atoms with Crippen LogP contribution in [0.4, 0.5) is 13.2 Å². The molecule has 7 nitrogen and oxygen atoms in total. The molecule has 0 radical (unpaired) electrons. The molecule has 27 heavy (non-hydrogen) atoms. The molecule has 1 amide bonds. The first-order valence-electron chi connectivity index (χ1n) is 7.45. The standard InChI is InChI=1S/C15H15ClF3N3O4S/c1-9(7-15(17,18)19)22-8-20-12(13(22)16)14(23)21-27(24,25)11-5-3-10(26-2)4-6-11/h3-6,8-9H,7H2,1-2H3,(H,21,23). The number of carbonyl (C=O) groups excluding carboxylic acids is 1. The van der Waals surface area contributed by atoms with Crippen molar-refractivity contribution in [2.75, 3.05) is 7.11 Å². The first-order valence-corrected chi connectivity index (χ1v) is 9.31. The Morgan fingerprint density at radius 2 is 1.93 bits per heavy atom. The van der Waals surface area contributed by atoms with Gasteiger partial charge >= 0.3 is 6.18 Å². The number of aromatic nitrogens is 2. The summed E-state index contributed by atoms with van der Waals surface area (Å²) in [6, 6.07) is 4.10. The fourth-order valence-corrected chi connectivity index (χ4v) is 3.52. The molecule has 1 aromatic carbocycles. The number of carbonyl (C=O) groups is 1. The summed E-state index contributed by atoms with van der Waals surface area (Å²) in [5.41, 5.74) is -0.497. The van der Waals surface area contributed by atoms with E-state index in [0.717, 1.165) is 10.9 Å². The van der Waals surface area contributed by atoms with Gasteiger partial charge in [0.2, 0.25) is 0 Å². The van der Waals surface area contributed by atoms with Crippen LogP contribution in [0, 0.1) is 0 Å². The van der Waals surface area contributed by atoms with Crippen molar-refractivity contribution >= 4 is 27.5 Å². The SMILES string of the molecule is COc1ccc(S(=O)(=O)NC(=O)c2ncn(C(C)CC(F)(F)F)c2Cl)cc1. The van der Waals surface area contributed by atoms with Gasteiger partial charge in [-0.1, -0.05) is 11.6 Å². The van der Waals surface area contributed by atoms with Crippen molar-refractivity contribution in [2.24, 2.45) is 0 Å². The Morgan fingerprint density at radius 1 is 1.33 bits per heavy atom. The van der Waals surface area contributed by atoms with Crippen molar-refractivity contribution in [3.05, 3.63) is 41.4 Å². The molecule has 2 rings (SSSR count). The lowest BCUT2D eigenvalue weighted by Gasteiger charge is -2.16. The van der Waals surface area contributed by atoms with Gasteiger partial charge in [-0.15, -0.1) is 0 Å². The van der Waals surface area contributed by atoms with Gasteiger partial charge in [-0.25, -0.2) is 18.1 Å². The number of benzene rings is 1. The topological polar surface area (TPSA) is 90.3 Å². The van der Waals surface area contributed by atoms with Gasteiger partial charge in [0.1, 0.15) is 10.9 Å². The molecule has 0 aliphatic heterocycles. The second-order valence-corrected chi connectivity index (χ2v) is 7.61. The number of nitrogens with zero attached hydrogens (tertiary/aromatic N) is 2. The Kier molecular flexibility index (Phi) is 6.05. The monoisotopic (exact) mass is 425 g/mol. The fourth-order valence-electron chi connectivity index (χ4n) is 2.22. The number of ether oxygens (including phenoxy) is 1. The maximum absolute atomic E-state index is 12.5. The van der Waals surface area contributed by atoms with Crippen molar-refractivity contribution in [1.82, 2.24) is 14.3 Å². The van der Waals surface area contributed by atoms with Crippen LogP contribution in [0.2, 0.25) is 5.15 Å². The molecule has 1 aromatic heterocycles. The molecule has 148 valence electrons. The van der Waals surface area contributed by atoms with Crippen LogP contribution in [-0.4, -0.2) is 37.2 Å². The average molecular weight is 426 g/mol. The molecule has 2 aromatic rings. The minimum absolute atomic E-state index is 0.211. The van der Waals surface area contributed by atoms with E-state index in [9.17, 15) is 26.4 Å². The number of sulfonamides is 1. The first-order chi connectivity index (χ1) is 12.4. The summed E-state index contributed by atoms with van der Waals surface area (Å²) in [5, 5.41) is -0.394. The lowest BCUT2D eigenvalue weighted by Crippen LogP contribution is -2.31. The van der Waals surface area contributed by atoms with Crippen LogP contribution in [0.1, 0.15) is 29.9 Å². The molecule has 0 spiro atoms. The molecule has 0 fully saturated rings. The number of imidazole rings is 1. The molecule has 1 N–H and O–H groups in total.